The van der Waals surface area contributed by atoms with Crippen LogP contribution in [-0.2, 0) is 6.42 Å². The third-order valence-electron chi connectivity index (χ3n) is 3.54. The summed E-state index contributed by atoms with van der Waals surface area (Å²) in [5.41, 5.74) is 7.96. The number of nitrogen functional groups attached to an aromatic ring is 1. The van der Waals surface area contributed by atoms with Crippen molar-refractivity contribution in [1.82, 2.24) is 4.90 Å². The Balaban J connectivity index is 2.10. The van der Waals surface area contributed by atoms with E-state index in [1.807, 2.05) is 12.1 Å². The number of hydrogen-bond acceptors (Lipinski definition) is 3. The van der Waals surface area contributed by atoms with Gasteiger partial charge in [-0.25, -0.2) is 0 Å². The van der Waals surface area contributed by atoms with Crippen LogP contribution in [0.1, 0.15) is 32.3 Å². The van der Waals surface area contributed by atoms with E-state index in [0.717, 1.165) is 37.6 Å². The lowest BCUT2D eigenvalue weighted by Crippen LogP contribution is -2.44. The molecule has 2 rings (SSSR count). The number of para-hydroxylation sites is 1. The number of nitrogens with two attached hydrogens (primary N) is 1. The van der Waals surface area contributed by atoms with Crippen molar-refractivity contribution in [2.24, 2.45) is 0 Å². The molecule has 1 aromatic rings. The van der Waals surface area contributed by atoms with E-state index in [0.29, 0.717) is 6.04 Å². The molecule has 2 N–H and O–H groups in total. The number of anilines is 1. The molecule has 0 bridgehead atoms. The lowest BCUT2D eigenvalue weighted by atomic mass is 10.00. The van der Waals surface area contributed by atoms with Gasteiger partial charge in [-0.05, 0) is 44.0 Å². The van der Waals surface area contributed by atoms with Gasteiger partial charge in [-0.2, -0.15) is 0 Å². The summed E-state index contributed by atoms with van der Waals surface area (Å²) in [4.78, 5) is 2.55. The Hall–Kier alpha value is -1.22. The molecule has 0 unspecified atom stereocenters. The highest BCUT2D eigenvalue weighted by Crippen LogP contribution is 2.32. The van der Waals surface area contributed by atoms with E-state index in [1.54, 1.807) is 0 Å². The van der Waals surface area contributed by atoms with Crippen molar-refractivity contribution >= 4 is 5.69 Å². The SMILES string of the molecule is CCCN(CCC)[C@@H]1COc2c(N)cccc2C1. The maximum absolute atomic E-state index is 5.94. The highest BCUT2D eigenvalue weighted by Gasteiger charge is 2.25. The first kappa shape index (κ1) is 13.2. The van der Waals surface area contributed by atoms with E-state index in [2.05, 4.69) is 24.8 Å². The Labute approximate surface area is 110 Å². The number of fused-ring (bicyclic) bond motifs is 1. The van der Waals surface area contributed by atoms with Crippen molar-refractivity contribution in [2.75, 3.05) is 25.4 Å². The van der Waals surface area contributed by atoms with Crippen LogP contribution in [-0.4, -0.2) is 30.6 Å². The van der Waals surface area contributed by atoms with Crippen LogP contribution in [0, 0.1) is 0 Å². The highest BCUT2D eigenvalue weighted by molar-refractivity contribution is 5.57. The molecule has 100 valence electrons. The molecule has 1 aliphatic heterocycles. The molecule has 0 aliphatic carbocycles. The van der Waals surface area contributed by atoms with E-state index in [4.69, 9.17) is 10.5 Å². The third-order valence-corrected chi connectivity index (χ3v) is 3.54. The summed E-state index contributed by atoms with van der Waals surface area (Å²) < 4.78 is 5.87. The summed E-state index contributed by atoms with van der Waals surface area (Å²) in [6.45, 7) is 7.54. The summed E-state index contributed by atoms with van der Waals surface area (Å²) >= 11 is 0. The van der Waals surface area contributed by atoms with E-state index in [-0.39, 0.29) is 0 Å². The predicted octanol–water partition coefficient (Wildman–Crippen LogP) is 2.69. The first-order valence-corrected chi connectivity index (χ1v) is 7.00. The van der Waals surface area contributed by atoms with Crippen molar-refractivity contribution < 1.29 is 4.74 Å². The van der Waals surface area contributed by atoms with Crippen LogP contribution in [0.25, 0.3) is 0 Å². The first-order valence-electron chi connectivity index (χ1n) is 7.00. The van der Waals surface area contributed by atoms with Crippen LogP contribution < -0.4 is 10.5 Å². The molecular formula is C15H24N2O. The molecule has 3 heteroatoms. The molecule has 0 saturated heterocycles. The smallest absolute Gasteiger partial charge is 0.145 e. The summed E-state index contributed by atoms with van der Waals surface area (Å²) in [5.74, 6) is 0.904. The van der Waals surface area contributed by atoms with Crippen molar-refractivity contribution in [3.8, 4) is 5.75 Å². The zero-order chi connectivity index (χ0) is 13.0. The van der Waals surface area contributed by atoms with Crippen LogP contribution >= 0.6 is 0 Å². The normalized spacial score (nSPS) is 18.5. The van der Waals surface area contributed by atoms with Gasteiger partial charge in [-0.3, -0.25) is 4.90 Å². The van der Waals surface area contributed by atoms with Gasteiger partial charge < -0.3 is 10.5 Å². The molecule has 1 aliphatic rings. The van der Waals surface area contributed by atoms with Gasteiger partial charge in [0.15, 0.2) is 0 Å². The van der Waals surface area contributed by atoms with Crippen LogP contribution in [0.4, 0.5) is 5.69 Å². The Morgan fingerprint density at radius 1 is 1.28 bits per heavy atom. The molecule has 3 nitrogen and oxygen atoms in total. The maximum atomic E-state index is 5.94. The van der Waals surface area contributed by atoms with Gasteiger partial charge in [0.1, 0.15) is 12.4 Å². The van der Waals surface area contributed by atoms with Gasteiger partial charge in [0.2, 0.25) is 0 Å². The van der Waals surface area contributed by atoms with Crippen molar-refractivity contribution in [1.29, 1.82) is 0 Å². The number of ether oxygens (including phenoxy) is 1. The average molecular weight is 248 g/mol. The Morgan fingerprint density at radius 3 is 2.67 bits per heavy atom. The summed E-state index contributed by atoms with van der Waals surface area (Å²) in [6, 6.07) is 6.56. The van der Waals surface area contributed by atoms with Crippen molar-refractivity contribution in [3.63, 3.8) is 0 Å². The minimum absolute atomic E-state index is 0.499. The quantitative estimate of drug-likeness (QED) is 0.814. The zero-order valence-corrected chi connectivity index (χ0v) is 11.5. The second-order valence-electron chi connectivity index (χ2n) is 5.04. The fraction of sp³-hybridized carbons (Fsp3) is 0.600. The number of rotatable bonds is 5. The number of benzene rings is 1. The molecule has 0 amide bonds. The van der Waals surface area contributed by atoms with E-state index >= 15 is 0 Å². The highest BCUT2D eigenvalue weighted by atomic mass is 16.5. The van der Waals surface area contributed by atoms with Gasteiger partial charge in [-0.1, -0.05) is 26.0 Å². The molecule has 1 heterocycles. The van der Waals surface area contributed by atoms with Crippen LogP contribution in [0.15, 0.2) is 18.2 Å². The van der Waals surface area contributed by atoms with Crippen LogP contribution in [0.3, 0.4) is 0 Å². The van der Waals surface area contributed by atoms with Gasteiger partial charge in [-0.15, -0.1) is 0 Å². The van der Waals surface area contributed by atoms with Crippen LogP contribution in [0.2, 0.25) is 0 Å². The molecular weight excluding hydrogens is 224 g/mol. The fourth-order valence-electron chi connectivity index (χ4n) is 2.72. The van der Waals surface area contributed by atoms with Gasteiger partial charge in [0.25, 0.3) is 0 Å². The Morgan fingerprint density at radius 2 is 2.00 bits per heavy atom. The number of nitrogens with zero attached hydrogens (tertiary/aromatic N) is 1. The Bertz CT molecular complexity index is 386. The second-order valence-corrected chi connectivity index (χ2v) is 5.04. The van der Waals surface area contributed by atoms with Gasteiger partial charge in [0, 0.05) is 6.04 Å². The predicted molar refractivity (Wildman–Crippen MR) is 76.0 cm³/mol. The zero-order valence-electron chi connectivity index (χ0n) is 11.5. The average Bonchev–Trinajstić information content (AvgIpc) is 2.38. The molecule has 0 spiro atoms. The Kier molecular flexibility index (Phi) is 4.48. The minimum atomic E-state index is 0.499. The van der Waals surface area contributed by atoms with Crippen molar-refractivity contribution in [3.05, 3.63) is 23.8 Å². The topological polar surface area (TPSA) is 38.5 Å². The van der Waals surface area contributed by atoms with E-state index in [9.17, 15) is 0 Å². The molecule has 0 aromatic heterocycles. The maximum Gasteiger partial charge on any atom is 0.145 e. The standard InChI is InChI=1S/C15H24N2O/c1-3-8-17(9-4-2)13-10-12-6-5-7-14(16)15(12)18-11-13/h5-7,13H,3-4,8-11,16H2,1-2H3/t13-/m0/s1. The number of hydrogen-bond donors (Lipinski definition) is 1. The molecule has 0 radical (unpaired) electrons. The molecule has 1 atom stereocenters. The van der Waals surface area contributed by atoms with E-state index < -0.39 is 0 Å². The second kappa shape index (κ2) is 6.10. The lowest BCUT2D eigenvalue weighted by molar-refractivity contribution is 0.119. The molecule has 0 saturated carbocycles. The van der Waals surface area contributed by atoms with Crippen LogP contribution in [0.5, 0.6) is 5.75 Å². The van der Waals surface area contributed by atoms with Gasteiger partial charge >= 0.3 is 0 Å². The first-order chi connectivity index (χ1) is 8.76. The summed E-state index contributed by atoms with van der Waals surface area (Å²) in [6.07, 6.45) is 3.45. The molecule has 1 aromatic carbocycles. The minimum Gasteiger partial charge on any atom is -0.489 e. The lowest BCUT2D eigenvalue weighted by Gasteiger charge is -2.35. The third kappa shape index (κ3) is 2.78. The van der Waals surface area contributed by atoms with Crippen molar-refractivity contribution in [2.45, 2.75) is 39.2 Å². The monoisotopic (exact) mass is 248 g/mol. The summed E-state index contributed by atoms with van der Waals surface area (Å²) in [5, 5.41) is 0. The fourth-order valence-corrected chi connectivity index (χ4v) is 2.72. The largest absolute Gasteiger partial charge is 0.489 e. The molecule has 18 heavy (non-hydrogen) atoms. The van der Waals surface area contributed by atoms with E-state index in [1.165, 1.54) is 18.4 Å². The van der Waals surface area contributed by atoms with Gasteiger partial charge in [0.05, 0.1) is 5.69 Å². The summed E-state index contributed by atoms with van der Waals surface area (Å²) in [7, 11) is 0. The molecule has 0 fully saturated rings.